The van der Waals surface area contributed by atoms with Gasteiger partial charge < -0.3 is 5.32 Å². The highest BCUT2D eigenvalue weighted by molar-refractivity contribution is 6.30. The predicted octanol–water partition coefficient (Wildman–Crippen LogP) is 4.84. The van der Waals surface area contributed by atoms with Crippen molar-refractivity contribution in [3.63, 3.8) is 0 Å². The first kappa shape index (κ1) is 16.0. The van der Waals surface area contributed by atoms with Gasteiger partial charge in [0.25, 0.3) is 0 Å². The van der Waals surface area contributed by atoms with E-state index in [4.69, 9.17) is 11.6 Å². The number of hydrogen-bond donors (Lipinski definition) is 1. The third-order valence-corrected chi connectivity index (χ3v) is 4.53. The molecule has 0 spiro atoms. The lowest BCUT2D eigenvalue weighted by atomic mass is 10.1. The Hall–Kier alpha value is -1.90. The number of aromatic nitrogens is 1. The molecule has 0 aliphatic rings. The molecule has 1 N–H and O–H groups in total. The molecule has 2 aromatic carbocycles. The van der Waals surface area contributed by atoms with Crippen molar-refractivity contribution in [2.45, 2.75) is 26.8 Å². The maximum absolute atomic E-state index is 6.34. The summed E-state index contributed by atoms with van der Waals surface area (Å²) in [5.74, 6) is 0. The molecule has 118 valence electrons. The molecule has 0 unspecified atom stereocenters. The summed E-state index contributed by atoms with van der Waals surface area (Å²) >= 11 is 6.34. The van der Waals surface area contributed by atoms with Crippen molar-refractivity contribution in [2.75, 3.05) is 6.54 Å². The number of pyridine rings is 1. The van der Waals surface area contributed by atoms with Gasteiger partial charge in [0.05, 0.1) is 5.52 Å². The number of aryl methyl sites for hydroxylation is 2. The maximum Gasteiger partial charge on any atom is 0.134 e. The zero-order valence-corrected chi connectivity index (χ0v) is 14.3. The van der Waals surface area contributed by atoms with E-state index in [-0.39, 0.29) is 0 Å². The van der Waals surface area contributed by atoms with E-state index >= 15 is 0 Å². The average Bonchev–Trinajstić information content (AvgIpc) is 2.55. The Labute approximate surface area is 142 Å². The van der Waals surface area contributed by atoms with Crippen LogP contribution in [0.5, 0.6) is 0 Å². The highest BCUT2D eigenvalue weighted by Gasteiger charge is 2.06. The number of halogens is 1. The number of benzene rings is 2. The van der Waals surface area contributed by atoms with Gasteiger partial charge in [0.1, 0.15) is 5.15 Å². The minimum absolute atomic E-state index is 0.591. The number of nitrogens with zero attached hydrogens (tertiary/aromatic N) is 1. The van der Waals surface area contributed by atoms with Gasteiger partial charge in [0, 0.05) is 17.5 Å². The van der Waals surface area contributed by atoms with E-state index in [0.29, 0.717) is 5.15 Å². The van der Waals surface area contributed by atoms with Crippen LogP contribution < -0.4 is 5.32 Å². The Bertz CT molecular complexity index is 813. The molecule has 23 heavy (non-hydrogen) atoms. The van der Waals surface area contributed by atoms with Crippen LogP contribution in [0.4, 0.5) is 0 Å². The summed E-state index contributed by atoms with van der Waals surface area (Å²) in [6.07, 6.45) is 1.01. The molecular formula is C20H21ClN2. The van der Waals surface area contributed by atoms with Gasteiger partial charge >= 0.3 is 0 Å². The molecule has 0 atom stereocenters. The number of rotatable bonds is 5. The van der Waals surface area contributed by atoms with Crippen molar-refractivity contribution in [1.29, 1.82) is 0 Å². The highest BCUT2D eigenvalue weighted by Crippen LogP contribution is 2.23. The topological polar surface area (TPSA) is 24.9 Å². The minimum Gasteiger partial charge on any atom is -0.312 e. The molecule has 3 rings (SSSR count). The average molecular weight is 325 g/mol. The van der Waals surface area contributed by atoms with E-state index in [1.807, 2.05) is 6.07 Å². The van der Waals surface area contributed by atoms with Gasteiger partial charge in [0.2, 0.25) is 0 Å². The van der Waals surface area contributed by atoms with E-state index in [9.17, 15) is 0 Å². The first-order valence-electron chi connectivity index (χ1n) is 7.94. The van der Waals surface area contributed by atoms with E-state index in [0.717, 1.165) is 36.0 Å². The second-order valence-corrected chi connectivity index (χ2v) is 6.34. The van der Waals surface area contributed by atoms with E-state index in [1.165, 1.54) is 16.7 Å². The van der Waals surface area contributed by atoms with E-state index in [1.54, 1.807) is 0 Å². The quantitative estimate of drug-likeness (QED) is 0.536. The van der Waals surface area contributed by atoms with Gasteiger partial charge in [-0.1, -0.05) is 41.9 Å². The predicted molar refractivity (Wildman–Crippen MR) is 98.1 cm³/mol. The highest BCUT2D eigenvalue weighted by atomic mass is 35.5. The molecule has 0 amide bonds. The molecule has 1 aromatic heterocycles. The van der Waals surface area contributed by atoms with Gasteiger partial charge in [-0.3, -0.25) is 0 Å². The molecule has 0 aliphatic carbocycles. The van der Waals surface area contributed by atoms with Gasteiger partial charge in [-0.2, -0.15) is 0 Å². The molecule has 3 aromatic rings. The third-order valence-electron chi connectivity index (χ3n) is 4.21. The second kappa shape index (κ2) is 7.12. The molecule has 3 heteroatoms. The molecule has 0 bridgehead atoms. The lowest BCUT2D eigenvalue weighted by Gasteiger charge is -2.10. The van der Waals surface area contributed by atoms with Crippen molar-refractivity contribution in [3.05, 3.63) is 75.9 Å². The SMILES string of the molecule is Cc1cc2cc(CNCCc3ccccc3)c(Cl)nc2cc1C. The first-order chi connectivity index (χ1) is 11.1. The van der Waals surface area contributed by atoms with Crippen LogP contribution >= 0.6 is 11.6 Å². The summed E-state index contributed by atoms with van der Waals surface area (Å²) in [4.78, 5) is 4.54. The summed E-state index contributed by atoms with van der Waals surface area (Å²) in [6.45, 7) is 5.89. The van der Waals surface area contributed by atoms with Gasteiger partial charge in [-0.25, -0.2) is 4.98 Å². The van der Waals surface area contributed by atoms with Crippen LogP contribution in [-0.2, 0) is 13.0 Å². The summed E-state index contributed by atoms with van der Waals surface area (Å²) < 4.78 is 0. The molecule has 0 aliphatic heterocycles. The van der Waals surface area contributed by atoms with Crippen LogP contribution in [0.25, 0.3) is 10.9 Å². The van der Waals surface area contributed by atoms with E-state index < -0.39 is 0 Å². The molecular weight excluding hydrogens is 304 g/mol. The van der Waals surface area contributed by atoms with Crippen molar-refractivity contribution in [3.8, 4) is 0 Å². The number of hydrogen-bond acceptors (Lipinski definition) is 2. The Morgan fingerprint density at radius 3 is 2.52 bits per heavy atom. The van der Waals surface area contributed by atoms with Crippen LogP contribution in [0.1, 0.15) is 22.3 Å². The van der Waals surface area contributed by atoms with Crippen molar-refractivity contribution in [2.24, 2.45) is 0 Å². The Balaban J connectivity index is 1.68. The minimum atomic E-state index is 0.591. The molecule has 0 saturated heterocycles. The van der Waals surface area contributed by atoms with E-state index in [2.05, 4.69) is 66.6 Å². The standard InChI is InChI=1S/C20H21ClN2/c1-14-10-17-12-18(20(21)23-19(17)11-15(14)2)13-22-9-8-16-6-4-3-5-7-16/h3-7,10-12,22H,8-9,13H2,1-2H3. The molecule has 0 fully saturated rings. The van der Waals surface area contributed by atoms with Gasteiger partial charge in [0.15, 0.2) is 0 Å². The lowest BCUT2D eigenvalue weighted by Crippen LogP contribution is -2.17. The number of fused-ring (bicyclic) bond motifs is 1. The largest absolute Gasteiger partial charge is 0.312 e. The Kier molecular flexibility index (Phi) is 4.94. The van der Waals surface area contributed by atoms with Crippen LogP contribution in [0, 0.1) is 13.8 Å². The first-order valence-corrected chi connectivity index (χ1v) is 8.32. The van der Waals surface area contributed by atoms with Crippen LogP contribution in [0.2, 0.25) is 5.15 Å². The Morgan fingerprint density at radius 1 is 1.00 bits per heavy atom. The Morgan fingerprint density at radius 2 is 1.74 bits per heavy atom. The third kappa shape index (κ3) is 3.90. The molecule has 0 saturated carbocycles. The van der Waals surface area contributed by atoms with Crippen molar-refractivity contribution < 1.29 is 0 Å². The normalized spacial score (nSPS) is 11.1. The van der Waals surface area contributed by atoms with Crippen molar-refractivity contribution in [1.82, 2.24) is 10.3 Å². The van der Waals surface area contributed by atoms with Crippen LogP contribution in [0.15, 0.2) is 48.5 Å². The zero-order chi connectivity index (χ0) is 16.2. The zero-order valence-electron chi connectivity index (χ0n) is 13.6. The lowest BCUT2D eigenvalue weighted by molar-refractivity contribution is 0.686. The molecule has 2 nitrogen and oxygen atoms in total. The monoisotopic (exact) mass is 324 g/mol. The summed E-state index contributed by atoms with van der Waals surface area (Å²) in [7, 11) is 0. The summed E-state index contributed by atoms with van der Waals surface area (Å²) in [6, 6.07) is 16.9. The summed E-state index contributed by atoms with van der Waals surface area (Å²) in [5, 5.41) is 5.20. The van der Waals surface area contributed by atoms with Crippen LogP contribution in [-0.4, -0.2) is 11.5 Å². The fraction of sp³-hybridized carbons (Fsp3) is 0.250. The van der Waals surface area contributed by atoms with Gasteiger partial charge in [-0.15, -0.1) is 0 Å². The van der Waals surface area contributed by atoms with Gasteiger partial charge in [-0.05, 0) is 61.7 Å². The molecule has 0 radical (unpaired) electrons. The fourth-order valence-corrected chi connectivity index (χ4v) is 2.90. The van der Waals surface area contributed by atoms with Crippen LogP contribution in [0.3, 0.4) is 0 Å². The van der Waals surface area contributed by atoms with Crippen molar-refractivity contribution >= 4 is 22.5 Å². The summed E-state index contributed by atoms with van der Waals surface area (Å²) in [5.41, 5.74) is 5.88. The fourth-order valence-electron chi connectivity index (χ4n) is 2.68. The molecule has 1 heterocycles. The second-order valence-electron chi connectivity index (χ2n) is 5.98. The smallest absolute Gasteiger partial charge is 0.134 e. The maximum atomic E-state index is 6.34. The number of nitrogens with one attached hydrogen (secondary N) is 1.